The van der Waals surface area contributed by atoms with Gasteiger partial charge in [0.25, 0.3) is 0 Å². The Morgan fingerprint density at radius 2 is 1.71 bits per heavy atom. The lowest BCUT2D eigenvalue weighted by Crippen LogP contribution is -2.52. The first kappa shape index (κ1) is 23.6. The van der Waals surface area contributed by atoms with E-state index in [2.05, 4.69) is 5.32 Å². The number of halogens is 2. The van der Waals surface area contributed by atoms with E-state index in [0.29, 0.717) is 35.9 Å². The van der Waals surface area contributed by atoms with E-state index >= 15 is 0 Å². The quantitative estimate of drug-likeness (QED) is 0.618. The molecule has 1 saturated carbocycles. The summed E-state index contributed by atoms with van der Waals surface area (Å²) in [5, 5.41) is 4.05. The van der Waals surface area contributed by atoms with E-state index in [-0.39, 0.29) is 11.8 Å². The molecule has 0 heterocycles. The van der Waals surface area contributed by atoms with Crippen LogP contribution in [0.15, 0.2) is 48.5 Å². The van der Waals surface area contributed by atoms with E-state index in [9.17, 15) is 9.59 Å². The maximum Gasteiger partial charge on any atom is 0.245 e. The fourth-order valence-corrected chi connectivity index (χ4v) is 4.28. The van der Waals surface area contributed by atoms with Crippen LogP contribution in [-0.2, 0) is 21.4 Å². The smallest absolute Gasteiger partial charge is 0.245 e. The number of carbonyl (C=O) groups excluding carboxylic acids is 2. The standard InChI is InChI=1S/C24H29Cl2N3O2/c1-28(2)13-14-29(3)22(30)21(15-17-7-5-4-6-8-17)27-23(31)24(11-12-24)19-10-9-18(25)16-20(19)26/h4-10,16,21H,11-15H2,1-3H3,(H,27,31)/t21-/m0/s1. The van der Waals surface area contributed by atoms with Crippen LogP contribution < -0.4 is 5.32 Å². The van der Waals surface area contributed by atoms with Gasteiger partial charge in [0.15, 0.2) is 0 Å². The molecule has 1 aliphatic carbocycles. The summed E-state index contributed by atoms with van der Waals surface area (Å²) in [6.45, 7) is 1.33. The number of nitrogens with zero attached hydrogens (tertiary/aromatic N) is 2. The molecule has 31 heavy (non-hydrogen) atoms. The van der Waals surface area contributed by atoms with Crippen molar-refractivity contribution in [1.29, 1.82) is 0 Å². The first-order valence-electron chi connectivity index (χ1n) is 10.4. The van der Waals surface area contributed by atoms with Crippen LogP contribution in [-0.4, -0.2) is 61.9 Å². The second-order valence-corrected chi connectivity index (χ2v) is 9.33. The van der Waals surface area contributed by atoms with Gasteiger partial charge in [0.05, 0.1) is 5.41 Å². The summed E-state index contributed by atoms with van der Waals surface area (Å²) in [7, 11) is 5.71. The Labute approximate surface area is 194 Å². The SMILES string of the molecule is CN(C)CCN(C)C(=O)[C@H](Cc1ccccc1)NC(=O)C1(c2ccc(Cl)cc2Cl)CC1. The largest absolute Gasteiger partial charge is 0.343 e. The Morgan fingerprint density at radius 3 is 2.29 bits per heavy atom. The molecule has 1 aliphatic rings. The molecule has 2 aromatic carbocycles. The van der Waals surface area contributed by atoms with Gasteiger partial charge < -0.3 is 15.1 Å². The van der Waals surface area contributed by atoms with Gasteiger partial charge in [-0.2, -0.15) is 0 Å². The number of carbonyl (C=O) groups is 2. The van der Waals surface area contributed by atoms with Crippen LogP contribution in [0.4, 0.5) is 0 Å². The van der Waals surface area contributed by atoms with Gasteiger partial charge in [0.2, 0.25) is 11.8 Å². The van der Waals surface area contributed by atoms with Crippen LogP contribution in [0.5, 0.6) is 0 Å². The molecule has 0 spiro atoms. The molecule has 2 amide bonds. The summed E-state index contributed by atoms with van der Waals surface area (Å²) in [5.41, 5.74) is 1.07. The normalized spacial score (nSPS) is 15.4. The third-order valence-corrected chi connectivity index (χ3v) is 6.32. The molecule has 5 nitrogen and oxygen atoms in total. The summed E-state index contributed by atoms with van der Waals surface area (Å²) >= 11 is 12.4. The number of likely N-dealkylation sites (N-methyl/N-ethyl adjacent to an activating group) is 2. The van der Waals surface area contributed by atoms with Crippen LogP contribution in [0, 0.1) is 0 Å². The molecule has 1 fully saturated rings. The average molecular weight is 462 g/mol. The monoisotopic (exact) mass is 461 g/mol. The maximum atomic E-state index is 13.4. The Morgan fingerprint density at radius 1 is 1.03 bits per heavy atom. The average Bonchev–Trinajstić information content (AvgIpc) is 3.53. The van der Waals surface area contributed by atoms with Crippen LogP contribution in [0.2, 0.25) is 10.0 Å². The van der Waals surface area contributed by atoms with Gasteiger partial charge in [-0.1, -0.05) is 59.6 Å². The number of amides is 2. The van der Waals surface area contributed by atoms with E-state index in [0.717, 1.165) is 17.7 Å². The lowest BCUT2D eigenvalue weighted by molar-refractivity contribution is -0.136. The number of hydrogen-bond donors (Lipinski definition) is 1. The molecule has 0 aliphatic heterocycles. The molecule has 0 radical (unpaired) electrons. The van der Waals surface area contributed by atoms with Crippen LogP contribution >= 0.6 is 23.2 Å². The van der Waals surface area contributed by atoms with Crippen LogP contribution in [0.1, 0.15) is 24.0 Å². The predicted molar refractivity (Wildman–Crippen MR) is 126 cm³/mol. The van der Waals surface area contributed by atoms with Crippen molar-refractivity contribution >= 4 is 35.0 Å². The summed E-state index contributed by atoms with van der Waals surface area (Å²) < 4.78 is 0. The zero-order valence-electron chi connectivity index (χ0n) is 18.2. The second-order valence-electron chi connectivity index (χ2n) is 8.49. The molecule has 0 bridgehead atoms. The summed E-state index contributed by atoms with van der Waals surface area (Å²) in [4.78, 5) is 30.3. The molecule has 3 rings (SSSR count). The van der Waals surface area contributed by atoms with Gasteiger partial charge in [-0.25, -0.2) is 0 Å². The first-order valence-corrected chi connectivity index (χ1v) is 11.2. The van der Waals surface area contributed by atoms with Crippen LogP contribution in [0.25, 0.3) is 0 Å². The Hall–Kier alpha value is -2.08. The summed E-state index contributed by atoms with van der Waals surface area (Å²) in [6, 6.07) is 14.3. The van der Waals surface area contributed by atoms with Crippen molar-refractivity contribution in [2.24, 2.45) is 0 Å². The van der Waals surface area contributed by atoms with Crippen LogP contribution in [0.3, 0.4) is 0 Å². The summed E-state index contributed by atoms with van der Waals surface area (Å²) in [6.07, 6.45) is 1.83. The topological polar surface area (TPSA) is 52.6 Å². The molecule has 2 aromatic rings. The lowest BCUT2D eigenvalue weighted by Gasteiger charge is -2.27. The Kier molecular flexibility index (Phi) is 7.63. The fraction of sp³-hybridized carbons (Fsp3) is 0.417. The molecular weight excluding hydrogens is 433 g/mol. The minimum absolute atomic E-state index is 0.0999. The molecule has 1 N–H and O–H groups in total. The van der Waals surface area contributed by atoms with E-state index in [4.69, 9.17) is 23.2 Å². The van der Waals surface area contributed by atoms with E-state index in [1.165, 1.54) is 0 Å². The van der Waals surface area contributed by atoms with Crippen molar-refractivity contribution < 1.29 is 9.59 Å². The number of nitrogens with one attached hydrogen (secondary N) is 1. The number of benzene rings is 2. The van der Waals surface area contributed by atoms with Crippen molar-refractivity contribution in [1.82, 2.24) is 15.1 Å². The Balaban J connectivity index is 1.80. The molecular formula is C24H29Cl2N3O2. The van der Waals surface area contributed by atoms with Crippen molar-refractivity contribution in [3.05, 3.63) is 69.7 Å². The fourth-order valence-electron chi connectivity index (χ4n) is 3.69. The predicted octanol–water partition coefficient (Wildman–Crippen LogP) is 3.77. The second kappa shape index (κ2) is 10.0. The highest BCUT2D eigenvalue weighted by Gasteiger charge is 2.53. The highest BCUT2D eigenvalue weighted by molar-refractivity contribution is 6.35. The highest BCUT2D eigenvalue weighted by Crippen LogP contribution is 2.51. The lowest BCUT2D eigenvalue weighted by atomic mass is 9.93. The van der Waals surface area contributed by atoms with Gasteiger partial charge in [-0.3, -0.25) is 9.59 Å². The molecule has 0 saturated heterocycles. The third-order valence-electron chi connectivity index (χ3n) is 5.78. The van der Waals surface area contributed by atoms with Crippen molar-refractivity contribution in [2.75, 3.05) is 34.2 Å². The molecule has 0 aromatic heterocycles. The van der Waals surface area contributed by atoms with Gasteiger partial charge >= 0.3 is 0 Å². The van der Waals surface area contributed by atoms with Gasteiger partial charge in [0.1, 0.15) is 6.04 Å². The first-order chi connectivity index (χ1) is 14.7. The van der Waals surface area contributed by atoms with Crippen molar-refractivity contribution in [2.45, 2.75) is 30.7 Å². The summed E-state index contributed by atoms with van der Waals surface area (Å²) in [5.74, 6) is -0.260. The van der Waals surface area contributed by atoms with E-state index in [1.807, 2.05) is 55.4 Å². The highest BCUT2D eigenvalue weighted by atomic mass is 35.5. The maximum absolute atomic E-state index is 13.4. The zero-order valence-corrected chi connectivity index (χ0v) is 19.7. The van der Waals surface area contributed by atoms with E-state index in [1.54, 1.807) is 24.1 Å². The Bertz CT molecular complexity index is 930. The zero-order chi connectivity index (χ0) is 22.6. The number of rotatable bonds is 9. The molecule has 0 unspecified atom stereocenters. The molecule has 166 valence electrons. The van der Waals surface area contributed by atoms with Gasteiger partial charge in [-0.15, -0.1) is 0 Å². The molecule has 1 atom stereocenters. The minimum Gasteiger partial charge on any atom is -0.343 e. The minimum atomic E-state index is -0.695. The number of hydrogen-bond acceptors (Lipinski definition) is 3. The molecule has 7 heteroatoms. The van der Waals surface area contributed by atoms with Crippen molar-refractivity contribution in [3.8, 4) is 0 Å². The van der Waals surface area contributed by atoms with Gasteiger partial charge in [0, 0.05) is 36.6 Å². The van der Waals surface area contributed by atoms with Gasteiger partial charge in [-0.05, 0) is 50.2 Å². The van der Waals surface area contributed by atoms with E-state index < -0.39 is 11.5 Å². The third kappa shape index (κ3) is 5.79. The van der Waals surface area contributed by atoms with Crippen molar-refractivity contribution in [3.63, 3.8) is 0 Å².